The number of methoxy groups -OCH3 is 1. The van der Waals surface area contributed by atoms with Crippen molar-refractivity contribution in [2.24, 2.45) is 5.92 Å². The minimum Gasteiger partial charge on any atom is -0.388 e. The molecular weight excluding hydrogens is 352 g/mol. The molecular formula is C18H34N4O5. The van der Waals surface area contributed by atoms with E-state index in [2.05, 4.69) is 36.1 Å². The fraction of sp³-hybridized carbons (Fsp3) is 0.889. The summed E-state index contributed by atoms with van der Waals surface area (Å²) >= 11 is 0. The van der Waals surface area contributed by atoms with Crippen LogP contribution < -0.4 is 0 Å². The third kappa shape index (κ3) is 6.20. The second kappa shape index (κ2) is 10.4. The number of ether oxygens (including phenoxy) is 2. The highest BCUT2D eigenvalue weighted by molar-refractivity contribution is 4.96. The van der Waals surface area contributed by atoms with Crippen molar-refractivity contribution >= 4 is 0 Å². The molecule has 9 heteroatoms. The van der Waals surface area contributed by atoms with Crippen molar-refractivity contribution in [1.29, 1.82) is 0 Å². The van der Waals surface area contributed by atoms with Crippen molar-refractivity contribution in [3.05, 3.63) is 11.9 Å². The maximum absolute atomic E-state index is 10.2. The molecule has 9 nitrogen and oxygen atoms in total. The topological polar surface area (TPSA) is 113 Å². The van der Waals surface area contributed by atoms with Gasteiger partial charge in [0.1, 0.15) is 24.4 Å². The number of nitrogens with zero attached hydrogens (tertiary/aromatic N) is 4. The van der Waals surface area contributed by atoms with E-state index >= 15 is 0 Å². The molecule has 5 unspecified atom stereocenters. The lowest BCUT2D eigenvalue weighted by Gasteiger charge is -2.39. The van der Waals surface area contributed by atoms with Crippen molar-refractivity contribution in [3.63, 3.8) is 0 Å². The first kappa shape index (κ1) is 22.2. The molecule has 1 saturated heterocycles. The van der Waals surface area contributed by atoms with Gasteiger partial charge < -0.3 is 29.7 Å². The number of hydrogen-bond donors (Lipinski definition) is 3. The first-order chi connectivity index (χ1) is 12.8. The zero-order valence-corrected chi connectivity index (χ0v) is 16.7. The molecule has 0 radical (unpaired) electrons. The monoisotopic (exact) mass is 386 g/mol. The lowest BCUT2D eigenvalue weighted by Crippen LogP contribution is -2.59. The highest BCUT2D eigenvalue weighted by Crippen LogP contribution is 2.23. The van der Waals surface area contributed by atoms with E-state index in [0.717, 1.165) is 31.6 Å². The summed E-state index contributed by atoms with van der Waals surface area (Å²) in [6.07, 6.45) is -0.931. The number of aliphatic hydroxyl groups excluding tert-OH is 3. The molecule has 0 amide bonds. The predicted octanol–water partition coefficient (Wildman–Crippen LogP) is -0.357. The van der Waals surface area contributed by atoms with Gasteiger partial charge >= 0.3 is 0 Å². The Bertz CT molecular complexity index is 554. The van der Waals surface area contributed by atoms with Crippen LogP contribution in [0.4, 0.5) is 0 Å². The van der Waals surface area contributed by atoms with Crippen LogP contribution in [0.5, 0.6) is 0 Å². The zero-order valence-electron chi connectivity index (χ0n) is 16.7. The number of aromatic nitrogens is 3. The number of aryl methyl sites for hydroxylation is 1. The Balaban J connectivity index is 1.87. The minimum absolute atomic E-state index is 0.226. The quantitative estimate of drug-likeness (QED) is 0.500. The Morgan fingerprint density at radius 3 is 2.63 bits per heavy atom. The van der Waals surface area contributed by atoms with Gasteiger partial charge in [0.05, 0.1) is 18.4 Å². The highest BCUT2D eigenvalue weighted by Gasteiger charge is 2.44. The molecule has 2 heterocycles. The highest BCUT2D eigenvalue weighted by atomic mass is 16.7. The molecule has 156 valence electrons. The van der Waals surface area contributed by atoms with Gasteiger partial charge in [-0.15, -0.1) is 5.10 Å². The van der Waals surface area contributed by atoms with E-state index in [9.17, 15) is 15.3 Å². The van der Waals surface area contributed by atoms with Crippen LogP contribution >= 0.6 is 0 Å². The van der Waals surface area contributed by atoms with E-state index in [1.165, 1.54) is 13.5 Å². The minimum atomic E-state index is -1.34. The van der Waals surface area contributed by atoms with Gasteiger partial charge in [-0.25, -0.2) is 4.68 Å². The van der Waals surface area contributed by atoms with Gasteiger partial charge in [-0.05, 0) is 45.3 Å². The van der Waals surface area contributed by atoms with Crippen LogP contribution in [-0.2, 0) is 22.4 Å². The first-order valence-corrected chi connectivity index (χ1v) is 9.61. The summed E-state index contributed by atoms with van der Waals surface area (Å²) in [5, 5.41) is 38.1. The molecule has 0 aliphatic carbocycles. The standard InChI is InChI=1S/C18H34N4O5/c1-12(2)7-9-21(3)8-5-6-13-10-19-20-22(13)11-14-15(23)16(24)17(25)18(26-4)27-14/h10,12,14-18,23-25H,5-9,11H2,1-4H3. The lowest BCUT2D eigenvalue weighted by atomic mass is 9.99. The van der Waals surface area contributed by atoms with Gasteiger partial charge in [-0.3, -0.25) is 0 Å². The molecule has 27 heavy (non-hydrogen) atoms. The van der Waals surface area contributed by atoms with Gasteiger partial charge in [0.2, 0.25) is 0 Å². The lowest BCUT2D eigenvalue weighted by molar-refractivity contribution is -0.292. The van der Waals surface area contributed by atoms with Gasteiger partial charge in [0.25, 0.3) is 0 Å². The summed E-state index contributed by atoms with van der Waals surface area (Å²) in [6.45, 7) is 6.74. The second-order valence-electron chi connectivity index (χ2n) is 7.75. The molecule has 0 aromatic carbocycles. The van der Waals surface area contributed by atoms with Crippen LogP contribution in [0.25, 0.3) is 0 Å². The fourth-order valence-corrected chi connectivity index (χ4v) is 3.18. The van der Waals surface area contributed by atoms with Gasteiger partial charge in [-0.2, -0.15) is 0 Å². The molecule has 0 saturated carbocycles. The maximum Gasteiger partial charge on any atom is 0.186 e. The second-order valence-corrected chi connectivity index (χ2v) is 7.75. The SMILES string of the molecule is COC1OC(Cn2nncc2CCCN(C)CCC(C)C)C(O)C(O)C1O. The molecule has 0 bridgehead atoms. The van der Waals surface area contributed by atoms with Gasteiger partial charge in [-0.1, -0.05) is 19.1 Å². The third-order valence-electron chi connectivity index (χ3n) is 5.01. The average Bonchev–Trinajstić information content (AvgIpc) is 3.07. The first-order valence-electron chi connectivity index (χ1n) is 9.61. The Morgan fingerprint density at radius 2 is 1.96 bits per heavy atom. The zero-order chi connectivity index (χ0) is 20.0. The van der Waals surface area contributed by atoms with Crippen LogP contribution in [0.1, 0.15) is 32.4 Å². The van der Waals surface area contributed by atoms with E-state index in [0.29, 0.717) is 5.92 Å². The molecule has 2 rings (SSSR count). The van der Waals surface area contributed by atoms with Crippen LogP contribution in [-0.4, -0.2) is 93.2 Å². The Morgan fingerprint density at radius 1 is 1.22 bits per heavy atom. The number of rotatable bonds is 10. The molecule has 5 atom stereocenters. The average molecular weight is 386 g/mol. The molecule has 1 fully saturated rings. The fourth-order valence-electron chi connectivity index (χ4n) is 3.18. The van der Waals surface area contributed by atoms with E-state index < -0.39 is 30.7 Å². The Labute approximate surface area is 160 Å². The summed E-state index contributed by atoms with van der Waals surface area (Å²) in [6, 6.07) is 0. The summed E-state index contributed by atoms with van der Waals surface area (Å²) in [5.74, 6) is 0.699. The third-order valence-corrected chi connectivity index (χ3v) is 5.01. The molecule has 1 aromatic rings. The largest absolute Gasteiger partial charge is 0.388 e. The Kier molecular flexibility index (Phi) is 8.59. The predicted molar refractivity (Wildman–Crippen MR) is 99.0 cm³/mol. The van der Waals surface area contributed by atoms with E-state index in [-0.39, 0.29) is 6.54 Å². The normalized spacial score (nSPS) is 29.0. The molecule has 0 spiro atoms. The molecule has 3 N–H and O–H groups in total. The maximum atomic E-state index is 10.2. The van der Waals surface area contributed by atoms with Crippen molar-refractivity contribution in [3.8, 4) is 0 Å². The van der Waals surface area contributed by atoms with Crippen LogP contribution in [0.2, 0.25) is 0 Å². The van der Waals surface area contributed by atoms with Crippen molar-refractivity contribution in [2.45, 2.75) is 70.4 Å². The van der Waals surface area contributed by atoms with E-state index in [4.69, 9.17) is 9.47 Å². The summed E-state index contributed by atoms with van der Waals surface area (Å²) < 4.78 is 12.3. The van der Waals surface area contributed by atoms with Gasteiger partial charge in [0, 0.05) is 7.11 Å². The summed E-state index contributed by atoms with van der Waals surface area (Å²) in [5.41, 5.74) is 0.942. The van der Waals surface area contributed by atoms with E-state index in [1.54, 1.807) is 10.9 Å². The van der Waals surface area contributed by atoms with Gasteiger partial charge in [0.15, 0.2) is 6.29 Å². The van der Waals surface area contributed by atoms with Crippen LogP contribution in [0.3, 0.4) is 0 Å². The van der Waals surface area contributed by atoms with Crippen molar-refractivity contribution in [1.82, 2.24) is 19.9 Å². The van der Waals surface area contributed by atoms with E-state index in [1.807, 2.05) is 0 Å². The summed E-state index contributed by atoms with van der Waals surface area (Å²) in [7, 11) is 3.51. The Hall–Kier alpha value is -1.10. The molecule has 1 aliphatic heterocycles. The van der Waals surface area contributed by atoms with Crippen molar-refractivity contribution in [2.75, 3.05) is 27.2 Å². The van der Waals surface area contributed by atoms with Crippen molar-refractivity contribution < 1.29 is 24.8 Å². The van der Waals surface area contributed by atoms with Crippen LogP contribution in [0.15, 0.2) is 6.20 Å². The molecule has 1 aromatic heterocycles. The number of aliphatic hydroxyl groups is 3. The summed E-state index contributed by atoms with van der Waals surface area (Å²) in [4.78, 5) is 2.32. The smallest absolute Gasteiger partial charge is 0.186 e. The number of hydrogen-bond acceptors (Lipinski definition) is 8. The molecule has 1 aliphatic rings. The van der Waals surface area contributed by atoms with Crippen LogP contribution in [0, 0.1) is 5.92 Å².